The quantitative estimate of drug-likeness (QED) is 0.506. The van der Waals surface area contributed by atoms with Crippen molar-refractivity contribution in [3.05, 3.63) is 77.9 Å². The number of fused-ring (bicyclic) bond motifs is 1. The van der Waals surface area contributed by atoms with Crippen molar-refractivity contribution < 1.29 is 14.4 Å². The van der Waals surface area contributed by atoms with Crippen LogP contribution in [0.2, 0.25) is 0 Å². The van der Waals surface area contributed by atoms with Crippen LogP contribution in [0.3, 0.4) is 0 Å². The Balaban J connectivity index is 1.38. The summed E-state index contributed by atoms with van der Waals surface area (Å²) >= 11 is 0. The zero-order valence-electron chi connectivity index (χ0n) is 19.8. The summed E-state index contributed by atoms with van der Waals surface area (Å²) in [6.45, 7) is 7.30. The first-order valence-corrected chi connectivity index (χ1v) is 11.5. The summed E-state index contributed by atoms with van der Waals surface area (Å²) in [5, 5.41) is 7.64. The largest absolute Gasteiger partial charge is 0.370 e. The molecule has 1 unspecified atom stereocenters. The molecule has 1 saturated heterocycles. The number of anilines is 1. The molecule has 7 heteroatoms. The fourth-order valence-electron chi connectivity index (χ4n) is 4.36. The lowest BCUT2D eigenvalue weighted by molar-refractivity contribution is -0.134. The van der Waals surface area contributed by atoms with E-state index in [0.717, 1.165) is 27.9 Å². The fraction of sp³-hybridized carbons (Fsp3) is 0.296. The maximum atomic E-state index is 13.2. The molecule has 7 nitrogen and oxygen atoms in total. The fourth-order valence-corrected chi connectivity index (χ4v) is 4.36. The highest BCUT2D eigenvalue weighted by Gasteiger charge is 2.49. The SMILES string of the molecule is CCN(CCNC(=O)CN1C(=O)NC(C)(c2ccc3ccccc3c2)C1=O)c1cccc(C)c1. The molecule has 0 radical (unpaired) electrons. The van der Waals surface area contributed by atoms with E-state index in [4.69, 9.17) is 0 Å². The number of imide groups is 1. The van der Waals surface area contributed by atoms with Gasteiger partial charge >= 0.3 is 6.03 Å². The zero-order chi connectivity index (χ0) is 24.3. The molecule has 1 heterocycles. The van der Waals surface area contributed by atoms with Gasteiger partial charge in [0.15, 0.2) is 0 Å². The standard InChI is InChI=1S/C27H30N4O3/c1-4-30(23-11-7-8-19(2)16-23)15-14-28-24(32)18-31-25(33)27(3,29-26(31)34)22-13-12-20-9-5-6-10-21(20)17-22/h5-13,16-17H,4,14-15,18H2,1-3H3,(H,28,32)(H,29,34). The number of carbonyl (C=O) groups excluding carboxylic acids is 3. The molecule has 1 aliphatic rings. The van der Waals surface area contributed by atoms with E-state index < -0.39 is 17.5 Å². The van der Waals surface area contributed by atoms with Crippen LogP contribution in [0.1, 0.15) is 25.0 Å². The summed E-state index contributed by atoms with van der Waals surface area (Å²) in [6, 6.07) is 21.1. The maximum Gasteiger partial charge on any atom is 0.325 e. The predicted molar refractivity (Wildman–Crippen MR) is 134 cm³/mol. The van der Waals surface area contributed by atoms with Gasteiger partial charge in [0.05, 0.1) is 0 Å². The van der Waals surface area contributed by atoms with E-state index in [1.54, 1.807) is 6.92 Å². The highest BCUT2D eigenvalue weighted by molar-refractivity contribution is 6.09. The molecule has 3 aromatic carbocycles. The van der Waals surface area contributed by atoms with Gasteiger partial charge in [-0.1, -0.05) is 48.5 Å². The number of hydrogen-bond acceptors (Lipinski definition) is 4. The van der Waals surface area contributed by atoms with Gasteiger partial charge in [-0.2, -0.15) is 0 Å². The monoisotopic (exact) mass is 458 g/mol. The number of urea groups is 1. The van der Waals surface area contributed by atoms with Crippen molar-refractivity contribution in [3.63, 3.8) is 0 Å². The Bertz CT molecular complexity index is 1240. The second-order valence-electron chi connectivity index (χ2n) is 8.78. The van der Waals surface area contributed by atoms with Crippen molar-refractivity contribution in [3.8, 4) is 0 Å². The third-order valence-corrected chi connectivity index (χ3v) is 6.36. The number of likely N-dealkylation sites (N-methyl/N-ethyl adjacent to an activating group) is 1. The van der Waals surface area contributed by atoms with E-state index in [1.807, 2.05) is 67.6 Å². The third kappa shape index (κ3) is 4.59. The highest BCUT2D eigenvalue weighted by Crippen LogP contribution is 2.30. The van der Waals surface area contributed by atoms with Gasteiger partial charge in [0, 0.05) is 25.3 Å². The lowest BCUT2D eigenvalue weighted by Crippen LogP contribution is -2.44. The Hall–Kier alpha value is -3.87. The molecule has 0 spiro atoms. The van der Waals surface area contributed by atoms with Crippen LogP contribution in [0.4, 0.5) is 10.5 Å². The molecule has 1 aliphatic heterocycles. The molecule has 0 aromatic heterocycles. The van der Waals surface area contributed by atoms with Crippen molar-refractivity contribution in [2.45, 2.75) is 26.3 Å². The first-order chi connectivity index (χ1) is 16.3. The van der Waals surface area contributed by atoms with E-state index in [2.05, 4.69) is 28.5 Å². The minimum atomic E-state index is -1.22. The van der Waals surface area contributed by atoms with Crippen LogP contribution < -0.4 is 15.5 Å². The number of nitrogens with one attached hydrogen (secondary N) is 2. The molecule has 2 N–H and O–H groups in total. The number of hydrogen-bond donors (Lipinski definition) is 2. The van der Waals surface area contributed by atoms with Crippen LogP contribution in [-0.2, 0) is 15.1 Å². The van der Waals surface area contributed by atoms with E-state index in [9.17, 15) is 14.4 Å². The molecule has 0 aliphatic carbocycles. The molecule has 4 rings (SSSR count). The molecule has 0 bridgehead atoms. The Labute approximate surface area is 199 Å². The minimum Gasteiger partial charge on any atom is -0.370 e. The number of benzene rings is 3. The Morgan fingerprint density at radius 2 is 1.79 bits per heavy atom. The Morgan fingerprint density at radius 3 is 2.53 bits per heavy atom. The second kappa shape index (κ2) is 9.55. The summed E-state index contributed by atoms with van der Waals surface area (Å²) in [6.07, 6.45) is 0. The van der Waals surface area contributed by atoms with Crippen molar-refractivity contribution in [2.24, 2.45) is 0 Å². The van der Waals surface area contributed by atoms with Gasteiger partial charge in [0.2, 0.25) is 5.91 Å². The summed E-state index contributed by atoms with van der Waals surface area (Å²) in [7, 11) is 0. The smallest absolute Gasteiger partial charge is 0.325 e. The van der Waals surface area contributed by atoms with Crippen LogP contribution in [0.5, 0.6) is 0 Å². The van der Waals surface area contributed by atoms with Gasteiger partial charge in [-0.05, 0) is 60.9 Å². The van der Waals surface area contributed by atoms with Crippen molar-refractivity contribution >= 4 is 34.3 Å². The van der Waals surface area contributed by atoms with Crippen LogP contribution in [0.15, 0.2) is 66.7 Å². The number of aryl methyl sites for hydroxylation is 1. The van der Waals surface area contributed by atoms with Gasteiger partial charge in [-0.3, -0.25) is 14.5 Å². The molecule has 1 atom stereocenters. The number of carbonyl (C=O) groups is 3. The second-order valence-corrected chi connectivity index (χ2v) is 8.78. The maximum absolute atomic E-state index is 13.2. The first-order valence-electron chi connectivity index (χ1n) is 11.5. The van der Waals surface area contributed by atoms with Crippen LogP contribution >= 0.6 is 0 Å². The number of nitrogens with zero attached hydrogens (tertiary/aromatic N) is 2. The van der Waals surface area contributed by atoms with E-state index >= 15 is 0 Å². The summed E-state index contributed by atoms with van der Waals surface area (Å²) in [4.78, 5) is 41.6. The topological polar surface area (TPSA) is 81.8 Å². The average molecular weight is 459 g/mol. The average Bonchev–Trinajstić information content (AvgIpc) is 3.05. The van der Waals surface area contributed by atoms with Gasteiger partial charge < -0.3 is 15.5 Å². The first kappa shape index (κ1) is 23.3. The zero-order valence-corrected chi connectivity index (χ0v) is 19.8. The Morgan fingerprint density at radius 1 is 1.03 bits per heavy atom. The third-order valence-electron chi connectivity index (χ3n) is 6.36. The molecule has 3 aromatic rings. The van der Waals surface area contributed by atoms with Gasteiger partial charge in [-0.15, -0.1) is 0 Å². The summed E-state index contributed by atoms with van der Waals surface area (Å²) < 4.78 is 0. The highest BCUT2D eigenvalue weighted by atomic mass is 16.2. The number of rotatable bonds is 8. The van der Waals surface area contributed by atoms with Gasteiger partial charge in [-0.25, -0.2) is 4.79 Å². The molecular formula is C27H30N4O3. The molecule has 0 saturated carbocycles. The van der Waals surface area contributed by atoms with E-state index in [0.29, 0.717) is 18.7 Å². The van der Waals surface area contributed by atoms with E-state index in [1.165, 1.54) is 5.56 Å². The van der Waals surface area contributed by atoms with Crippen molar-refractivity contribution in [1.29, 1.82) is 0 Å². The lowest BCUT2D eigenvalue weighted by atomic mass is 9.90. The molecule has 34 heavy (non-hydrogen) atoms. The lowest BCUT2D eigenvalue weighted by Gasteiger charge is -2.24. The molecular weight excluding hydrogens is 428 g/mol. The van der Waals surface area contributed by atoms with Gasteiger partial charge in [0.1, 0.15) is 12.1 Å². The van der Waals surface area contributed by atoms with Crippen molar-refractivity contribution in [2.75, 3.05) is 31.1 Å². The summed E-state index contributed by atoms with van der Waals surface area (Å²) in [5.74, 6) is -0.801. The van der Waals surface area contributed by atoms with E-state index in [-0.39, 0.29) is 12.5 Å². The molecule has 1 fully saturated rings. The minimum absolute atomic E-state index is 0.315. The summed E-state index contributed by atoms with van der Waals surface area (Å²) in [5.41, 5.74) is 1.74. The number of amides is 4. The van der Waals surface area contributed by atoms with Gasteiger partial charge in [0.25, 0.3) is 5.91 Å². The normalized spacial score (nSPS) is 17.7. The molecule has 176 valence electrons. The van der Waals surface area contributed by atoms with Crippen LogP contribution in [0.25, 0.3) is 10.8 Å². The van der Waals surface area contributed by atoms with Crippen LogP contribution in [-0.4, -0.2) is 48.9 Å². The van der Waals surface area contributed by atoms with Crippen LogP contribution in [0, 0.1) is 6.92 Å². The van der Waals surface area contributed by atoms with Crippen molar-refractivity contribution in [1.82, 2.24) is 15.5 Å². The predicted octanol–water partition coefficient (Wildman–Crippen LogP) is 3.56. The Kier molecular flexibility index (Phi) is 6.54. The molecule has 4 amide bonds.